The fourth-order valence-corrected chi connectivity index (χ4v) is 2.21. The van der Waals surface area contributed by atoms with Crippen molar-refractivity contribution in [2.24, 2.45) is 0 Å². The molecule has 1 atom stereocenters. The normalized spacial score (nSPS) is 12.3. The molecule has 2 heterocycles. The van der Waals surface area contributed by atoms with E-state index in [1.807, 2.05) is 32.9 Å². The molecule has 0 fully saturated rings. The van der Waals surface area contributed by atoms with Crippen LogP contribution >= 0.6 is 0 Å². The van der Waals surface area contributed by atoms with Crippen molar-refractivity contribution >= 4 is 11.6 Å². The van der Waals surface area contributed by atoms with E-state index in [1.165, 1.54) is 0 Å². The van der Waals surface area contributed by atoms with Gasteiger partial charge in [0.05, 0.1) is 23.3 Å². The third-order valence-electron chi connectivity index (χ3n) is 3.54. The lowest BCUT2D eigenvalue weighted by Crippen LogP contribution is -2.35. The maximum Gasteiger partial charge on any atom is 0.241 e. The van der Waals surface area contributed by atoms with Crippen LogP contribution in [-0.2, 0) is 17.8 Å². The van der Waals surface area contributed by atoms with Gasteiger partial charge in [-0.1, -0.05) is 0 Å². The Hall–Kier alpha value is -2.24. The second-order valence-corrected chi connectivity index (χ2v) is 5.33. The molecule has 1 unspecified atom stereocenters. The molecule has 6 nitrogen and oxygen atoms in total. The number of carbonyl (C=O) groups is 1. The average Bonchev–Trinajstić information content (AvgIpc) is 3.02. The van der Waals surface area contributed by atoms with E-state index >= 15 is 0 Å². The van der Waals surface area contributed by atoms with Crippen molar-refractivity contribution in [1.29, 1.82) is 0 Å². The van der Waals surface area contributed by atoms with Gasteiger partial charge in [0, 0.05) is 12.5 Å². The zero-order valence-electron chi connectivity index (χ0n) is 12.7. The Balaban J connectivity index is 1.82. The third-order valence-corrected chi connectivity index (χ3v) is 3.54. The molecular formula is C15H22N4O2. The molecule has 0 radical (unpaired) electrons. The monoisotopic (exact) mass is 290 g/mol. The molecule has 6 heteroatoms. The van der Waals surface area contributed by atoms with Crippen molar-refractivity contribution in [3.63, 3.8) is 0 Å². The molecule has 2 aromatic rings. The smallest absolute Gasteiger partial charge is 0.241 e. The largest absolute Gasteiger partial charge is 0.469 e. The molecule has 1 amide bonds. The Morgan fingerprint density at radius 2 is 2.29 bits per heavy atom. The summed E-state index contributed by atoms with van der Waals surface area (Å²) < 4.78 is 6.91. The second kappa shape index (κ2) is 6.47. The number of rotatable bonds is 6. The van der Waals surface area contributed by atoms with Crippen LogP contribution in [0.15, 0.2) is 22.8 Å². The number of nitrogen functional groups attached to an aromatic ring is 1. The summed E-state index contributed by atoms with van der Waals surface area (Å²) in [5.74, 6) is 0.870. The van der Waals surface area contributed by atoms with Gasteiger partial charge in [-0.3, -0.25) is 9.48 Å². The molecule has 114 valence electrons. The molecule has 0 saturated carbocycles. The molecular weight excluding hydrogens is 268 g/mol. The lowest BCUT2D eigenvalue weighted by molar-refractivity contribution is -0.122. The number of hydrogen-bond donors (Lipinski definition) is 2. The lowest BCUT2D eigenvalue weighted by atomic mass is 10.1. The number of furan rings is 1. The predicted molar refractivity (Wildman–Crippen MR) is 80.7 cm³/mol. The van der Waals surface area contributed by atoms with Gasteiger partial charge < -0.3 is 15.5 Å². The van der Waals surface area contributed by atoms with Crippen LogP contribution in [0.3, 0.4) is 0 Å². The molecule has 0 bridgehead atoms. The van der Waals surface area contributed by atoms with Crippen LogP contribution in [0, 0.1) is 13.8 Å². The van der Waals surface area contributed by atoms with E-state index in [4.69, 9.17) is 10.2 Å². The highest BCUT2D eigenvalue weighted by atomic mass is 16.3. The van der Waals surface area contributed by atoms with E-state index < -0.39 is 0 Å². The minimum absolute atomic E-state index is 0.0625. The van der Waals surface area contributed by atoms with E-state index in [0.717, 1.165) is 30.0 Å². The zero-order valence-corrected chi connectivity index (χ0v) is 12.7. The summed E-state index contributed by atoms with van der Waals surface area (Å²) in [5, 5.41) is 7.22. The van der Waals surface area contributed by atoms with Gasteiger partial charge in [-0.05, 0) is 39.3 Å². The average molecular weight is 290 g/mol. The van der Waals surface area contributed by atoms with Gasteiger partial charge in [0.2, 0.25) is 5.91 Å². The van der Waals surface area contributed by atoms with Gasteiger partial charge in [-0.2, -0.15) is 5.10 Å². The minimum atomic E-state index is -0.0625. The Kier molecular flexibility index (Phi) is 4.67. The first kappa shape index (κ1) is 15.2. The Morgan fingerprint density at radius 1 is 1.52 bits per heavy atom. The fraction of sp³-hybridized carbons (Fsp3) is 0.467. The number of amides is 1. The zero-order chi connectivity index (χ0) is 15.4. The van der Waals surface area contributed by atoms with Crippen LogP contribution in [0.1, 0.15) is 30.5 Å². The second-order valence-electron chi connectivity index (χ2n) is 5.33. The van der Waals surface area contributed by atoms with Gasteiger partial charge in [-0.25, -0.2) is 0 Å². The van der Waals surface area contributed by atoms with Crippen LogP contribution < -0.4 is 11.1 Å². The summed E-state index contributed by atoms with van der Waals surface area (Å²) in [6.45, 7) is 5.87. The van der Waals surface area contributed by atoms with Crippen LogP contribution in [0.4, 0.5) is 5.69 Å². The van der Waals surface area contributed by atoms with E-state index in [-0.39, 0.29) is 18.5 Å². The number of carbonyl (C=O) groups excluding carboxylic acids is 1. The number of aryl methyl sites for hydroxylation is 2. The predicted octanol–water partition coefficient (Wildman–Crippen LogP) is 1.81. The van der Waals surface area contributed by atoms with Crippen LogP contribution in [0.25, 0.3) is 0 Å². The topological polar surface area (TPSA) is 86.1 Å². The summed E-state index contributed by atoms with van der Waals surface area (Å²) in [6.07, 6.45) is 3.30. The van der Waals surface area contributed by atoms with Gasteiger partial charge in [0.1, 0.15) is 12.3 Å². The van der Waals surface area contributed by atoms with Crippen molar-refractivity contribution < 1.29 is 9.21 Å². The maximum absolute atomic E-state index is 12.0. The first-order valence-corrected chi connectivity index (χ1v) is 7.08. The quantitative estimate of drug-likeness (QED) is 0.849. The summed E-state index contributed by atoms with van der Waals surface area (Å²) in [4.78, 5) is 12.0. The van der Waals surface area contributed by atoms with Gasteiger partial charge in [0.25, 0.3) is 0 Å². The molecule has 0 aromatic carbocycles. The standard InChI is InChI=1S/C15H22N4O2/c1-10(6-7-13-5-4-8-21-13)17-14(20)9-19-12(3)15(16)11(2)18-19/h4-5,8,10H,6-7,9,16H2,1-3H3,(H,17,20). The summed E-state index contributed by atoms with van der Waals surface area (Å²) in [7, 11) is 0. The highest BCUT2D eigenvalue weighted by Crippen LogP contribution is 2.14. The molecule has 0 aliphatic heterocycles. The van der Waals surface area contributed by atoms with E-state index in [9.17, 15) is 4.79 Å². The Morgan fingerprint density at radius 3 is 2.86 bits per heavy atom. The SMILES string of the molecule is Cc1nn(CC(=O)NC(C)CCc2ccco2)c(C)c1N. The van der Waals surface area contributed by atoms with Crippen LogP contribution in [0.5, 0.6) is 0 Å². The van der Waals surface area contributed by atoms with E-state index in [0.29, 0.717) is 5.69 Å². The molecule has 2 rings (SSSR count). The molecule has 3 N–H and O–H groups in total. The number of aromatic nitrogens is 2. The molecule has 0 aliphatic rings. The number of nitrogens with one attached hydrogen (secondary N) is 1. The molecule has 0 spiro atoms. The van der Waals surface area contributed by atoms with Crippen molar-refractivity contribution in [2.75, 3.05) is 5.73 Å². The third kappa shape index (κ3) is 3.87. The van der Waals surface area contributed by atoms with Gasteiger partial charge >= 0.3 is 0 Å². The molecule has 0 saturated heterocycles. The highest BCUT2D eigenvalue weighted by Gasteiger charge is 2.13. The summed E-state index contributed by atoms with van der Waals surface area (Å²) in [5.41, 5.74) is 8.08. The maximum atomic E-state index is 12.0. The highest BCUT2D eigenvalue weighted by molar-refractivity contribution is 5.76. The van der Waals surface area contributed by atoms with E-state index in [1.54, 1.807) is 10.9 Å². The minimum Gasteiger partial charge on any atom is -0.469 e. The number of hydrogen-bond acceptors (Lipinski definition) is 4. The molecule has 2 aromatic heterocycles. The van der Waals surface area contributed by atoms with Gasteiger partial charge in [-0.15, -0.1) is 0 Å². The first-order chi connectivity index (χ1) is 9.97. The van der Waals surface area contributed by atoms with Crippen molar-refractivity contribution in [1.82, 2.24) is 15.1 Å². The molecule has 21 heavy (non-hydrogen) atoms. The van der Waals surface area contributed by atoms with Gasteiger partial charge in [0.15, 0.2) is 0 Å². The van der Waals surface area contributed by atoms with Crippen molar-refractivity contribution in [2.45, 2.75) is 46.2 Å². The number of nitrogens with two attached hydrogens (primary N) is 1. The Bertz CT molecular complexity index is 601. The number of anilines is 1. The first-order valence-electron chi connectivity index (χ1n) is 7.08. The lowest BCUT2D eigenvalue weighted by Gasteiger charge is -2.13. The Labute approximate surface area is 124 Å². The van der Waals surface area contributed by atoms with E-state index in [2.05, 4.69) is 10.4 Å². The number of nitrogens with zero attached hydrogens (tertiary/aromatic N) is 2. The molecule has 0 aliphatic carbocycles. The van der Waals surface area contributed by atoms with Crippen LogP contribution in [-0.4, -0.2) is 21.7 Å². The fourth-order valence-electron chi connectivity index (χ4n) is 2.21. The summed E-state index contributed by atoms with van der Waals surface area (Å²) in [6, 6.07) is 3.89. The summed E-state index contributed by atoms with van der Waals surface area (Å²) >= 11 is 0. The van der Waals surface area contributed by atoms with Crippen LogP contribution in [0.2, 0.25) is 0 Å². The van der Waals surface area contributed by atoms with Crippen molar-refractivity contribution in [3.8, 4) is 0 Å². The van der Waals surface area contributed by atoms with Crippen molar-refractivity contribution in [3.05, 3.63) is 35.5 Å².